The van der Waals surface area contributed by atoms with Crippen LogP contribution in [0.4, 0.5) is 13.2 Å². The molecule has 3 fully saturated rings. The molecule has 0 aromatic rings. The molecule has 0 heterocycles. The molecule has 3 rings (SSSR count). The smallest absolute Gasteiger partial charge is 0.394 e. The summed E-state index contributed by atoms with van der Waals surface area (Å²) in [6, 6.07) is -0.513. The molecule has 0 aromatic heterocycles. The van der Waals surface area contributed by atoms with Crippen LogP contribution in [-0.4, -0.2) is 27.1 Å². The number of alkyl halides is 3. The zero-order chi connectivity index (χ0) is 15.6. The van der Waals surface area contributed by atoms with E-state index < -0.39 is 31.4 Å². The molecule has 0 saturated heterocycles. The summed E-state index contributed by atoms with van der Waals surface area (Å²) in [6.45, 7) is 10.9. The summed E-state index contributed by atoms with van der Waals surface area (Å²) >= 11 is 0. The van der Waals surface area contributed by atoms with E-state index in [1.165, 1.54) is 0 Å². The quantitative estimate of drug-likeness (QED) is 0.660. The summed E-state index contributed by atoms with van der Waals surface area (Å²) in [5.74, 6) is 0. The molecule has 0 amide bonds. The van der Waals surface area contributed by atoms with Gasteiger partial charge >= 0.3 is 6.18 Å². The molecule has 0 spiro atoms. The van der Waals surface area contributed by atoms with Crippen LogP contribution in [0.1, 0.15) is 40.0 Å². The average molecular weight is 308 g/mol. The van der Waals surface area contributed by atoms with E-state index >= 15 is 0 Å². The van der Waals surface area contributed by atoms with E-state index in [2.05, 4.69) is 33.9 Å². The number of rotatable bonds is 4. The van der Waals surface area contributed by atoms with Gasteiger partial charge in [-0.05, 0) is 42.8 Å². The van der Waals surface area contributed by atoms with Gasteiger partial charge in [-0.15, -0.1) is 6.04 Å². The number of hydrogen-bond acceptors (Lipinski definition) is 1. The fourth-order valence-electron chi connectivity index (χ4n) is 3.22. The van der Waals surface area contributed by atoms with Crippen LogP contribution in [0.3, 0.4) is 0 Å². The Morgan fingerprint density at radius 2 is 1.60 bits per heavy atom. The lowest BCUT2D eigenvalue weighted by atomic mass is 9.33. The first-order chi connectivity index (χ1) is 8.75. The Morgan fingerprint density at radius 1 is 1.15 bits per heavy atom. The van der Waals surface area contributed by atoms with Gasteiger partial charge in [0.15, 0.2) is 8.32 Å². The number of nitrogens with one attached hydrogen (secondary N) is 1. The second-order valence-electron chi connectivity index (χ2n) is 8.29. The molecule has 3 aliphatic carbocycles. The average Bonchev–Trinajstić information content (AvgIpc) is 2.05. The Balaban J connectivity index is 1.87. The summed E-state index contributed by atoms with van der Waals surface area (Å²) < 4.78 is 44.4. The Labute approximate surface area is 120 Å². The van der Waals surface area contributed by atoms with Gasteiger partial charge in [-0.3, -0.25) is 0 Å². The van der Waals surface area contributed by atoms with E-state index in [0.29, 0.717) is 0 Å². The van der Waals surface area contributed by atoms with Gasteiger partial charge in [0.05, 0.1) is 5.41 Å². The van der Waals surface area contributed by atoms with Crippen molar-refractivity contribution < 1.29 is 17.6 Å². The van der Waals surface area contributed by atoms with Gasteiger partial charge in [-0.25, -0.2) is 0 Å². The highest BCUT2D eigenvalue weighted by Crippen LogP contribution is 2.79. The highest BCUT2D eigenvalue weighted by molar-refractivity contribution is 6.74. The fourth-order valence-corrected chi connectivity index (χ4v) is 4.24. The van der Waals surface area contributed by atoms with Gasteiger partial charge in [0, 0.05) is 6.61 Å². The van der Waals surface area contributed by atoms with Crippen molar-refractivity contribution in [3.8, 4) is 0 Å². The Morgan fingerprint density at radius 3 is 1.95 bits per heavy atom. The maximum absolute atomic E-state index is 12.8. The molecule has 3 aliphatic rings. The van der Waals surface area contributed by atoms with Crippen molar-refractivity contribution in [2.45, 2.75) is 70.4 Å². The summed E-state index contributed by atoms with van der Waals surface area (Å²) in [7, 11) is -1.92. The highest BCUT2D eigenvalue weighted by atomic mass is 28.4. The molecular weight excluding hydrogens is 283 g/mol. The molecule has 0 aromatic carbocycles. The molecule has 0 radical (unpaired) electrons. The molecule has 20 heavy (non-hydrogen) atoms. The largest absolute Gasteiger partial charge is 0.672 e. The zero-order valence-corrected chi connectivity index (χ0v) is 13.9. The van der Waals surface area contributed by atoms with Crippen LogP contribution in [0.5, 0.6) is 0 Å². The Kier molecular flexibility index (Phi) is 3.45. The number of hydrogen-bond donors (Lipinski definition) is 0. The second-order valence-corrected chi connectivity index (χ2v) is 13.1. The number of halogens is 3. The standard InChI is InChI=1S/C14H25F3NOSi/c1-11(2,3)20(4,5)19-6-10(18)12-7-13(8-12,9-12)14(15,16)17/h10,18H,6-9H2,1-5H3/q-1/t10-,12?,13?/m1/s1. The van der Waals surface area contributed by atoms with Gasteiger partial charge < -0.3 is 10.2 Å². The zero-order valence-electron chi connectivity index (χ0n) is 12.9. The van der Waals surface area contributed by atoms with E-state index in [4.69, 9.17) is 10.2 Å². The lowest BCUT2D eigenvalue weighted by Gasteiger charge is -2.75. The normalized spacial score (nSPS) is 35.2. The lowest BCUT2D eigenvalue weighted by Crippen LogP contribution is -2.72. The molecule has 0 unspecified atom stereocenters. The van der Waals surface area contributed by atoms with Crippen molar-refractivity contribution in [2.24, 2.45) is 10.8 Å². The fraction of sp³-hybridized carbons (Fsp3) is 1.00. The Bertz CT molecular complexity index is 380. The van der Waals surface area contributed by atoms with Crippen molar-refractivity contribution in [1.29, 1.82) is 0 Å². The van der Waals surface area contributed by atoms with E-state index in [1.807, 2.05) is 0 Å². The molecule has 118 valence electrons. The third-order valence-electron chi connectivity index (χ3n) is 5.83. The third-order valence-corrected chi connectivity index (χ3v) is 10.3. The molecule has 0 aliphatic heterocycles. The molecule has 1 N–H and O–H groups in total. The topological polar surface area (TPSA) is 33.0 Å². The molecule has 3 saturated carbocycles. The maximum atomic E-state index is 12.8. The van der Waals surface area contributed by atoms with Crippen molar-refractivity contribution >= 4 is 8.32 Å². The first kappa shape index (κ1) is 16.3. The molecule has 2 bridgehead atoms. The van der Waals surface area contributed by atoms with Crippen molar-refractivity contribution in [3.05, 3.63) is 5.73 Å². The molecular formula is C14H25F3NOSi-. The summed E-state index contributed by atoms with van der Waals surface area (Å²) in [6.07, 6.45) is -3.68. The SMILES string of the molecule is CC(C)(C)[Si](C)(C)OC[C@@H]([NH-])C12CC(C(F)(F)F)(C1)C2. The van der Waals surface area contributed by atoms with E-state index in [9.17, 15) is 13.2 Å². The molecule has 6 heteroatoms. The minimum absolute atomic E-state index is 0.0688. The lowest BCUT2D eigenvalue weighted by molar-refractivity contribution is -0.366. The first-order valence-electron chi connectivity index (χ1n) is 7.17. The monoisotopic (exact) mass is 308 g/mol. The Hall–Kier alpha value is -0.0731. The maximum Gasteiger partial charge on any atom is 0.394 e. The van der Waals surface area contributed by atoms with E-state index in [0.717, 1.165) is 0 Å². The van der Waals surface area contributed by atoms with Crippen LogP contribution < -0.4 is 0 Å². The van der Waals surface area contributed by atoms with Crippen molar-refractivity contribution in [2.75, 3.05) is 6.61 Å². The van der Waals surface area contributed by atoms with Gasteiger partial charge in [0.2, 0.25) is 0 Å². The summed E-state index contributed by atoms with van der Waals surface area (Å²) in [5, 5.41) is 0.0688. The molecule has 2 nitrogen and oxygen atoms in total. The van der Waals surface area contributed by atoms with E-state index in [1.54, 1.807) is 0 Å². The van der Waals surface area contributed by atoms with Crippen LogP contribution in [-0.2, 0) is 4.43 Å². The second kappa shape index (κ2) is 4.23. The van der Waals surface area contributed by atoms with Gasteiger partial charge in [-0.2, -0.15) is 13.2 Å². The summed E-state index contributed by atoms with van der Waals surface area (Å²) in [5.41, 5.74) is 6.30. The minimum Gasteiger partial charge on any atom is -0.672 e. The minimum atomic E-state index is -4.09. The third kappa shape index (κ3) is 2.24. The van der Waals surface area contributed by atoms with Crippen molar-refractivity contribution in [1.82, 2.24) is 0 Å². The van der Waals surface area contributed by atoms with Crippen LogP contribution in [0, 0.1) is 10.8 Å². The van der Waals surface area contributed by atoms with Gasteiger partial charge in [0.1, 0.15) is 0 Å². The van der Waals surface area contributed by atoms with E-state index in [-0.39, 0.29) is 30.9 Å². The van der Waals surface area contributed by atoms with Gasteiger partial charge in [-0.1, -0.05) is 20.8 Å². The molecule has 1 atom stereocenters. The van der Waals surface area contributed by atoms with Gasteiger partial charge in [0.25, 0.3) is 0 Å². The van der Waals surface area contributed by atoms with Crippen LogP contribution in [0.2, 0.25) is 18.1 Å². The van der Waals surface area contributed by atoms with Crippen LogP contribution in [0.25, 0.3) is 5.73 Å². The van der Waals surface area contributed by atoms with Crippen LogP contribution >= 0.6 is 0 Å². The van der Waals surface area contributed by atoms with Crippen molar-refractivity contribution in [3.63, 3.8) is 0 Å². The van der Waals surface area contributed by atoms with Crippen LogP contribution in [0.15, 0.2) is 0 Å². The summed E-state index contributed by atoms with van der Waals surface area (Å²) in [4.78, 5) is 0. The predicted octanol–water partition coefficient (Wildman–Crippen LogP) is 5.16. The highest BCUT2D eigenvalue weighted by Gasteiger charge is 2.78. The first-order valence-corrected chi connectivity index (χ1v) is 10.1. The predicted molar refractivity (Wildman–Crippen MR) is 76.0 cm³/mol.